The summed E-state index contributed by atoms with van der Waals surface area (Å²) in [5.41, 5.74) is 0.803. The highest BCUT2D eigenvalue weighted by Gasteiger charge is 2.27. The highest BCUT2D eigenvalue weighted by molar-refractivity contribution is 5.80. The first-order valence-electron chi connectivity index (χ1n) is 11.3. The smallest absolute Gasteiger partial charge is 0.330 e. The maximum atomic E-state index is 15.5. The molecular formula is C25H30FN3O4. The molecule has 0 bridgehead atoms. The molecule has 33 heavy (non-hydrogen) atoms. The fourth-order valence-electron chi connectivity index (χ4n) is 3.98. The molecule has 7 nitrogen and oxygen atoms in total. The molecule has 176 valence electrons. The summed E-state index contributed by atoms with van der Waals surface area (Å²) in [6, 6.07) is 9.76. The van der Waals surface area contributed by atoms with Gasteiger partial charge < -0.3 is 19.9 Å². The molecule has 3 rings (SSSR count). The topological polar surface area (TPSA) is 94.8 Å². The Kier molecular flexibility index (Phi) is 8.50. The molecule has 0 saturated carbocycles. The third-order valence-corrected chi connectivity index (χ3v) is 5.53. The van der Waals surface area contributed by atoms with E-state index in [1.165, 1.54) is 18.6 Å². The number of likely N-dealkylation sites (tertiary alicyclic amines) is 1. The average Bonchev–Trinajstić information content (AvgIpc) is 2.80. The molecule has 1 heterocycles. The number of rotatable bonds is 10. The zero-order chi connectivity index (χ0) is 23.8. The molecule has 2 atom stereocenters. The zero-order valence-electron chi connectivity index (χ0n) is 19.0. The lowest BCUT2D eigenvalue weighted by atomic mass is 10.0. The fraction of sp³-hybridized carbons (Fsp3) is 0.440. The number of piperidine rings is 1. The molecule has 2 aromatic rings. The number of carboxylic acids is 1. The maximum absolute atomic E-state index is 15.5. The average molecular weight is 456 g/mol. The highest BCUT2D eigenvalue weighted by atomic mass is 19.1. The molecule has 8 heteroatoms. The zero-order valence-corrected chi connectivity index (χ0v) is 19.0. The minimum atomic E-state index is -1.38. The van der Waals surface area contributed by atoms with Gasteiger partial charge in [0.1, 0.15) is 11.9 Å². The maximum Gasteiger partial charge on any atom is 0.330 e. The van der Waals surface area contributed by atoms with E-state index in [1.807, 2.05) is 13.0 Å². The SMILES string of the molecule is CCOc1cc(OC(C)CN2CCCCC2)c(F)c(C(Nc2ccc(C#N)cc2)C(=O)O)c1. The third-order valence-electron chi connectivity index (χ3n) is 5.53. The summed E-state index contributed by atoms with van der Waals surface area (Å²) in [5, 5.41) is 21.6. The van der Waals surface area contributed by atoms with E-state index in [9.17, 15) is 9.90 Å². The van der Waals surface area contributed by atoms with Gasteiger partial charge in [0.25, 0.3) is 0 Å². The summed E-state index contributed by atoms with van der Waals surface area (Å²) in [5.74, 6) is -1.69. The Morgan fingerprint density at radius 3 is 2.55 bits per heavy atom. The van der Waals surface area contributed by atoms with E-state index in [4.69, 9.17) is 14.7 Å². The number of hydrogen-bond acceptors (Lipinski definition) is 6. The largest absolute Gasteiger partial charge is 0.494 e. The number of ether oxygens (including phenoxy) is 2. The van der Waals surface area contributed by atoms with Gasteiger partial charge in [-0.1, -0.05) is 6.42 Å². The van der Waals surface area contributed by atoms with Crippen LogP contribution in [0.1, 0.15) is 50.3 Å². The number of nitrogens with one attached hydrogen (secondary N) is 1. The summed E-state index contributed by atoms with van der Waals surface area (Å²) in [6.07, 6.45) is 3.24. The normalized spacial score (nSPS) is 15.8. The Balaban J connectivity index is 1.87. The van der Waals surface area contributed by atoms with Gasteiger partial charge >= 0.3 is 5.97 Å². The molecule has 1 fully saturated rings. The molecule has 0 aromatic heterocycles. The van der Waals surface area contributed by atoms with Crippen LogP contribution in [0.2, 0.25) is 0 Å². The first-order valence-corrected chi connectivity index (χ1v) is 11.3. The lowest BCUT2D eigenvalue weighted by Gasteiger charge is -2.29. The fourth-order valence-corrected chi connectivity index (χ4v) is 3.98. The van der Waals surface area contributed by atoms with E-state index < -0.39 is 17.8 Å². The standard InChI is InChI=1S/C25H30FN3O4/c1-3-32-20-13-21(24(25(30)31)28-19-9-7-18(15-27)8-10-19)23(26)22(14-20)33-17(2)16-29-11-5-4-6-12-29/h7-10,13-14,17,24,28H,3-6,11-12,16H2,1-2H3,(H,30,31). The van der Waals surface area contributed by atoms with Crippen LogP contribution in [-0.4, -0.2) is 48.3 Å². The molecular weight excluding hydrogens is 425 g/mol. The van der Waals surface area contributed by atoms with Crippen LogP contribution in [0, 0.1) is 17.1 Å². The number of nitrogens with zero attached hydrogens (tertiary/aromatic N) is 2. The van der Waals surface area contributed by atoms with E-state index >= 15 is 4.39 Å². The Labute approximate surface area is 193 Å². The van der Waals surface area contributed by atoms with Gasteiger partial charge in [-0.2, -0.15) is 5.26 Å². The first kappa shape index (κ1) is 24.3. The summed E-state index contributed by atoms with van der Waals surface area (Å²) in [7, 11) is 0. The van der Waals surface area contributed by atoms with Crippen LogP contribution in [0.5, 0.6) is 11.5 Å². The number of halogens is 1. The lowest BCUT2D eigenvalue weighted by molar-refractivity contribution is -0.138. The monoisotopic (exact) mass is 455 g/mol. The second kappa shape index (κ2) is 11.5. The van der Waals surface area contributed by atoms with Crippen molar-refractivity contribution in [1.29, 1.82) is 5.26 Å². The molecule has 2 N–H and O–H groups in total. The second-order valence-corrected chi connectivity index (χ2v) is 8.15. The summed E-state index contributed by atoms with van der Waals surface area (Å²) in [4.78, 5) is 14.4. The Bertz CT molecular complexity index is 984. The van der Waals surface area contributed by atoms with Crippen LogP contribution in [0.3, 0.4) is 0 Å². The molecule has 1 aliphatic heterocycles. The summed E-state index contributed by atoms with van der Waals surface area (Å²) in [6.45, 7) is 6.68. The van der Waals surface area contributed by atoms with Gasteiger partial charge in [-0.05, 0) is 70.1 Å². The van der Waals surface area contributed by atoms with Crippen LogP contribution < -0.4 is 14.8 Å². The molecule has 2 unspecified atom stereocenters. The number of benzene rings is 2. The van der Waals surface area contributed by atoms with Crippen molar-refractivity contribution in [2.45, 2.75) is 45.3 Å². The van der Waals surface area contributed by atoms with Crippen LogP contribution >= 0.6 is 0 Å². The quantitative estimate of drug-likeness (QED) is 0.541. The van der Waals surface area contributed by atoms with Gasteiger partial charge in [-0.25, -0.2) is 9.18 Å². The second-order valence-electron chi connectivity index (χ2n) is 8.15. The molecule has 0 amide bonds. The van der Waals surface area contributed by atoms with Crippen LogP contribution in [0.15, 0.2) is 36.4 Å². The third kappa shape index (κ3) is 6.59. The Morgan fingerprint density at radius 1 is 1.24 bits per heavy atom. The molecule has 0 spiro atoms. The van der Waals surface area contributed by atoms with Gasteiger partial charge in [0.05, 0.1) is 18.2 Å². The molecule has 2 aromatic carbocycles. The van der Waals surface area contributed by atoms with Crippen LogP contribution in [-0.2, 0) is 4.79 Å². The van der Waals surface area contributed by atoms with Crippen LogP contribution in [0.4, 0.5) is 10.1 Å². The number of aliphatic carboxylic acids is 1. The van der Waals surface area contributed by atoms with Crippen molar-refractivity contribution in [3.8, 4) is 17.6 Å². The van der Waals surface area contributed by atoms with Crippen molar-refractivity contribution in [2.24, 2.45) is 0 Å². The van der Waals surface area contributed by atoms with Crippen molar-refractivity contribution >= 4 is 11.7 Å². The van der Waals surface area contributed by atoms with Crippen molar-refractivity contribution in [3.05, 3.63) is 53.3 Å². The Hall–Kier alpha value is -3.31. The minimum Gasteiger partial charge on any atom is -0.494 e. The van der Waals surface area contributed by atoms with E-state index in [-0.39, 0.29) is 17.4 Å². The number of hydrogen-bond donors (Lipinski definition) is 2. The van der Waals surface area contributed by atoms with Crippen molar-refractivity contribution in [2.75, 3.05) is 31.6 Å². The number of anilines is 1. The molecule has 1 aliphatic rings. The lowest BCUT2D eigenvalue weighted by Crippen LogP contribution is -2.37. The first-order chi connectivity index (χ1) is 15.9. The number of carbonyl (C=O) groups is 1. The summed E-state index contributed by atoms with van der Waals surface area (Å²) >= 11 is 0. The molecule has 0 radical (unpaired) electrons. The van der Waals surface area contributed by atoms with E-state index in [1.54, 1.807) is 31.2 Å². The molecule has 0 aliphatic carbocycles. The Morgan fingerprint density at radius 2 is 1.94 bits per heavy atom. The van der Waals surface area contributed by atoms with Gasteiger partial charge in [-0.15, -0.1) is 0 Å². The minimum absolute atomic E-state index is 0.0339. The van der Waals surface area contributed by atoms with E-state index in [0.717, 1.165) is 25.9 Å². The highest BCUT2D eigenvalue weighted by Crippen LogP contribution is 2.34. The van der Waals surface area contributed by atoms with Crippen molar-refractivity contribution in [1.82, 2.24) is 4.90 Å². The predicted molar refractivity (Wildman–Crippen MR) is 123 cm³/mol. The van der Waals surface area contributed by atoms with Crippen LogP contribution in [0.25, 0.3) is 0 Å². The predicted octanol–water partition coefficient (Wildman–Crippen LogP) is 4.59. The number of carboxylic acid groups (broad SMARTS) is 1. The van der Waals surface area contributed by atoms with Gasteiger partial charge in [0.15, 0.2) is 17.6 Å². The number of nitriles is 1. The van der Waals surface area contributed by atoms with Crippen molar-refractivity contribution < 1.29 is 23.8 Å². The van der Waals surface area contributed by atoms with Gasteiger partial charge in [0.2, 0.25) is 0 Å². The van der Waals surface area contributed by atoms with Crippen molar-refractivity contribution in [3.63, 3.8) is 0 Å². The summed E-state index contributed by atoms with van der Waals surface area (Å²) < 4.78 is 27.0. The van der Waals surface area contributed by atoms with E-state index in [2.05, 4.69) is 10.2 Å². The van der Waals surface area contributed by atoms with Gasteiger partial charge in [0, 0.05) is 23.9 Å². The molecule has 1 saturated heterocycles. The van der Waals surface area contributed by atoms with E-state index in [0.29, 0.717) is 30.2 Å². The van der Waals surface area contributed by atoms with Gasteiger partial charge in [-0.3, -0.25) is 4.90 Å².